The summed E-state index contributed by atoms with van der Waals surface area (Å²) in [6.45, 7) is 5.99. The molecule has 2 aliphatic rings. The van der Waals surface area contributed by atoms with Crippen LogP contribution in [-0.2, 0) is 6.42 Å². The van der Waals surface area contributed by atoms with Crippen molar-refractivity contribution in [3.8, 4) is 5.69 Å². The van der Waals surface area contributed by atoms with E-state index in [0.29, 0.717) is 12.0 Å². The predicted molar refractivity (Wildman–Crippen MR) is 121 cm³/mol. The highest BCUT2D eigenvalue weighted by molar-refractivity contribution is 14.0. The van der Waals surface area contributed by atoms with Crippen LogP contribution >= 0.6 is 24.0 Å². The summed E-state index contributed by atoms with van der Waals surface area (Å²) in [7, 11) is 0. The molecule has 1 spiro atoms. The highest BCUT2D eigenvalue weighted by Crippen LogP contribution is 2.47. The Balaban J connectivity index is 0.00000225. The molecule has 4 rings (SSSR count). The van der Waals surface area contributed by atoms with Crippen molar-refractivity contribution in [1.29, 1.82) is 0 Å². The Morgan fingerprint density at radius 1 is 1.21 bits per heavy atom. The second-order valence-corrected chi connectivity index (χ2v) is 7.74. The van der Waals surface area contributed by atoms with Gasteiger partial charge in [-0.2, -0.15) is 5.10 Å². The van der Waals surface area contributed by atoms with E-state index in [1.54, 1.807) is 16.8 Å². The van der Waals surface area contributed by atoms with E-state index in [2.05, 4.69) is 22.2 Å². The molecule has 0 radical (unpaired) electrons. The smallest absolute Gasteiger partial charge is 0.193 e. The molecule has 2 heterocycles. The Morgan fingerprint density at radius 3 is 2.64 bits per heavy atom. The van der Waals surface area contributed by atoms with Crippen LogP contribution in [0.2, 0.25) is 0 Å². The molecule has 0 amide bonds. The average Bonchev–Trinajstić information content (AvgIpc) is 3.29. The molecule has 1 aromatic carbocycles. The lowest BCUT2D eigenvalue weighted by atomic mass is 9.68. The van der Waals surface area contributed by atoms with E-state index in [1.165, 1.54) is 37.8 Å². The van der Waals surface area contributed by atoms with Crippen LogP contribution in [0.1, 0.15) is 38.3 Å². The number of hydrogen-bond donors (Lipinski definition) is 1. The fourth-order valence-electron chi connectivity index (χ4n) is 4.14. The summed E-state index contributed by atoms with van der Waals surface area (Å²) in [4.78, 5) is 7.27. The molecule has 0 atom stereocenters. The fourth-order valence-corrected chi connectivity index (χ4v) is 4.14. The van der Waals surface area contributed by atoms with Gasteiger partial charge in [-0.25, -0.2) is 9.07 Å². The zero-order valence-electron chi connectivity index (χ0n) is 16.4. The zero-order chi connectivity index (χ0) is 18.7. The van der Waals surface area contributed by atoms with Crippen molar-refractivity contribution < 1.29 is 4.39 Å². The lowest BCUT2D eigenvalue weighted by Crippen LogP contribution is -2.42. The van der Waals surface area contributed by atoms with E-state index in [4.69, 9.17) is 4.99 Å². The van der Waals surface area contributed by atoms with Crippen LogP contribution in [0.15, 0.2) is 41.5 Å². The maximum absolute atomic E-state index is 13.1. The lowest BCUT2D eigenvalue weighted by molar-refractivity contribution is 0.151. The SMILES string of the molecule is CCNC(=NCCc1ccn(-c2ccc(F)cc2)n1)N1CCC2(CCC2)C1.I. The van der Waals surface area contributed by atoms with E-state index in [-0.39, 0.29) is 29.8 Å². The lowest BCUT2D eigenvalue weighted by Gasteiger charge is -2.38. The topological polar surface area (TPSA) is 45.5 Å². The van der Waals surface area contributed by atoms with Crippen LogP contribution in [0.5, 0.6) is 0 Å². The molecular formula is C21H29FIN5. The van der Waals surface area contributed by atoms with E-state index in [1.807, 2.05) is 12.3 Å². The first-order chi connectivity index (χ1) is 13.2. The summed E-state index contributed by atoms with van der Waals surface area (Å²) in [5.74, 6) is 0.807. The van der Waals surface area contributed by atoms with Crippen LogP contribution in [-0.4, -0.2) is 46.8 Å². The van der Waals surface area contributed by atoms with Crippen LogP contribution in [0.4, 0.5) is 4.39 Å². The van der Waals surface area contributed by atoms with Crippen LogP contribution < -0.4 is 5.32 Å². The van der Waals surface area contributed by atoms with Crippen molar-refractivity contribution in [2.75, 3.05) is 26.2 Å². The molecule has 0 bridgehead atoms. The quantitative estimate of drug-likeness (QED) is 0.386. The number of aliphatic imine (C=N–C) groups is 1. The summed E-state index contributed by atoms with van der Waals surface area (Å²) >= 11 is 0. The fraction of sp³-hybridized carbons (Fsp3) is 0.524. The van der Waals surface area contributed by atoms with Gasteiger partial charge in [0.25, 0.3) is 0 Å². The minimum Gasteiger partial charge on any atom is -0.357 e. The van der Waals surface area contributed by atoms with Gasteiger partial charge in [0.05, 0.1) is 11.4 Å². The molecule has 0 unspecified atom stereocenters. The van der Waals surface area contributed by atoms with Crippen molar-refractivity contribution in [3.05, 3.63) is 48.0 Å². The Bertz CT molecular complexity index is 797. The Labute approximate surface area is 183 Å². The zero-order valence-corrected chi connectivity index (χ0v) is 18.7. The van der Waals surface area contributed by atoms with Gasteiger partial charge in [-0.1, -0.05) is 6.42 Å². The molecule has 1 saturated carbocycles. The maximum atomic E-state index is 13.1. The number of halogens is 2. The van der Waals surface area contributed by atoms with Crippen molar-refractivity contribution in [1.82, 2.24) is 20.0 Å². The van der Waals surface area contributed by atoms with Gasteiger partial charge in [0.15, 0.2) is 5.96 Å². The van der Waals surface area contributed by atoms with Crippen LogP contribution in [0, 0.1) is 11.2 Å². The molecule has 152 valence electrons. The standard InChI is InChI=1S/C21H28FN5.HI/c1-2-23-20(26-15-12-21(16-26)10-3-11-21)24-13-8-18-9-14-27(25-18)19-6-4-17(22)5-7-19;/h4-7,9,14H,2-3,8,10-13,15-16H2,1H3,(H,23,24);1H. The molecule has 5 nitrogen and oxygen atoms in total. The number of rotatable bonds is 5. The number of nitrogens with one attached hydrogen (secondary N) is 1. The first kappa shape index (κ1) is 21.1. The molecule has 1 aliphatic carbocycles. The average molecular weight is 497 g/mol. The summed E-state index contributed by atoms with van der Waals surface area (Å²) in [5.41, 5.74) is 2.43. The number of hydrogen-bond acceptors (Lipinski definition) is 2. The van der Waals surface area contributed by atoms with Gasteiger partial charge >= 0.3 is 0 Å². The number of benzene rings is 1. The van der Waals surface area contributed by atoms with Gasteiger partial charge in [0.1, 0.15) is 5.82 Å². The molecule has 28 heavy (non-hydrogen) atoms. The number of aromatic nitrogens is 2. The normalized spacial score (nSPS) is 18.1. The van der Waals surface area contributed by atoms with E-state index in [9.17, 15) is 4.39 Å². The van der Waals surface area contributed by atoms with Gasteiger partial charge in [-0.05, 0) is 61.9 Å². The molecule has 2 aromatic rings. The number of guanidine groups is 1. The van der Waals surface area contributed by atoms with Gasteiger partial charge < -0.3 is 10.2 Å². The summed E-state index contributed by atoms with van der Waals surface area (Å²) in [6.07, 6.45) is 8.16. The van der Waals surface area contributed by atoms with Crippen molar-refractivity contribution >= 4 is 29.9 Å². The molecular weight excluding hydrogens is 468 g/mol. The molecule has 2 fully saturated rings. The minimum atomic E-state index is -0.234. The van der Waals surface area contributed by atoms with Gasteiger partial charge in [0.2, 0.25) is 0 Å². The Kier molecular flexibility index (Phi) is 6.95. The minimum absolute atomic E-state index is 0. The highest BCUT2D eigenvalue weighted by atomic mass is 127. The summed E-state index contributed by atoms with van der Waals surface area (Å²) < 4.78 is 14.8. The monoisotopic (exact) mass is 497 g/mol. The largest absolute Gasteiger partial charge is 0.357 e. The van der Waals surface area contributed by atoms with E-state index < -0.39 is 0 Å². The van der Waals surface area contributed by atoms with Gasteiger partial charge in [-0.15, -0.1) is 24.0 Å². The highest BCUT2D eigenvalue weighted by Gasteiger charge is 2.43. The second kappa shape index (κ2) is 9.24. The van der Waals surface area contributed by atoms with Crippen molar-refractivity contribution in [2.45, 2.75) is 39.0 Å². The number of likely N-dealkylation sites (tertiary alicyclic amines) is 1. The van der Waals surface area contributed by atoms with Gasteiger partial charge in [0, 0.05) is 38.8 Å². The summed E-state index contributed by atoms with van der Waals surface area (Å²) in [5, 5.41) is 8.03. The molecule has 1 aromatic heterocycles. The third-order valence-corrected chi connectivity index (χ3v) is 5.85. The number of nitrogens with zero attached hydrogens (tertiary/aromatic N) is 4. The molecule has 7 heteroatoms. The maximum Gasteiger partial charge on any atom is 0.193 e. The Hall–Kier alpha value is -1.64. The van der Waals surface area contributed by atoms with Gasteiger partial charge in [-0.3, -0.25) is 4.99 Å². The molecule has 1 aliphatic heterocycles. The van der Waals surface area contributed by atoms with Crippen LogP contribution in [0.3, 0.4) is 0 Å². The van der Waals surface area contributed by atoms with Crippen LogP contribution in [0.25, 0.3) is 5.69 Å². The van der Waals surface area contributed by atoms with E-state index >= 15 is 0 Å². The van der Waals surface area contributed by atoms with Crippen molar-refractivity contribution in [2.24, 2.45) is 10.4 Å². The summed E-state index contributed by atoms with van der Waals surface area (Å²) in [6, 6.07) is 8.38. The first-order valence-electron chi connectivity index (χ1n) is 10.0. The Morgan fingerprint density at radius 2 is 2.00 bits per heavy atom. The molecule has 1 N–H and O–H groups in total. The van der Waals surface area contributed by atoms with Crippen molar-refractivity contribution in [3.63, 3.8) is 0 Å². The van der Waals surface area contributed by atoms with E-state index in [0.717, 1.165) is 43.4 Å². The second-order valence-electron chi connectivity index (χ2n) is 7.74. The predicted octanol–water partition coefficient (Wildman–Crippen LogP) is 4.01. The first-order valence-corrected chi connectivity index (χ1v) is 10.0. The third-order valence-electron chi connectivity index (χ3n) is 5.85. The molecule has 1 saturated heterocycles. The third kappa shape index (κ3) is 4.67.